The van der Waals surface area contributed by atoms with Crippen molar-refractivity contribution >= 4 is 18.0 Å². The normalized spacial score (nSPS) is 18.7. The summed E-state index contributed by atoms with van der Waals surface area (Å²) in [7, 11) is 0. The third kappa shape index (κ3) is 4.93. The molecular formula is C27H32N2O5. The Bertz CT molecular complexity index is 1010. The van der Waals surface area contributed by atoms with Gasteiger partial charge < -0.3 is 20.1 Å². The topological polar surface area (TPSA) is 95.9 Å². The predicted octanol–water partition coefficient (Wildman–Crippen LogP) is 4.55. The van der Waals surface area contributed by atoms with Gasteiger partial charge >= 0.3 is 12.1 Å². The summed E-state index contributed by atoms with van der Waals surface area (Å²) in [4.78, 5) is 39.2. The van der Waals surface area contributed by atoms with E-state index in [2.05, 4.69) is 17.4 Å². The highest BCUT2D eigenvalue weighted by Gasteiger charge is 2.35. The number of aliphatic carboxylic acids is 1. The lowest BCUT2D eigenvalue weighted by atomic mass is 9.98. The number of nitrogens with one attached hydrogen (secondary N) is 1. The quantitative estimate of drug-likeness (QED) is 0.654. The molecule has 0 aromatic heterocycles. The zero-order valence-electron chi connectivity index (χ0n) is 19.5. The molecule has 180 valence electrons. The van der Waals surface area contributed by atoms with E-state index in [-0.39, 0.29) is 18.4 Å². The summed E-state index contributed by atoms with van der Waals surface area (Å²) >= 11 is 0. The van der Waals surface area contributed by atoms with Crippen molar-refractivity contribution in [2.24, 2.45) is 0 Å². The second kappa shape index (κ2) is 10.7. The molecule has 34 heavy (non-hydrogen) atoms. The zero-order chi connectivity index (χ0) is 24.1. The van der Waals surface area contributed by atoms with E-state index >= 15 is 0 Å². The Morgan fingerprint density at radius 2 is 1.62 bits per heavy atom. The largest absolute Gasteiger partial charge is 0.480 e. The third-order valence-corrected chi connectivity index (χ3v) is 6.91. The SMILES string of the molecule is CC[C@H](NC(=O)OCC1c2ccccc2-c2ccccc21)C(=O)N1CCCCCCC1C(=O)O. The molecule has 1 aliphatic heterocycles. The first-order chi connectivity index (χ1) is 16.5. The van der Waals surface area contributed by atoms with Crippen molar-refractivity contribution in [3.05, 3.63) is 59.7 Å². The van der Waals surface area contributed by atoms with Gasteiger partial charge in [-0.2, -0.15) is 0 Å². The number of hydrogen-bond acceptors (Lipinski definition) is 4. The molecule has 2 atom stereocenters. The first-order valence-corrected chi connectivity index (χ1v) is 12.2. The van der Waals surface area contributed by atoms with Gasteiger partial charge in [-0.3, -0.25) is 4.79 Å². The van der Waals surface area contributed by atoms with E-state index in [9.17, 15) is 19.5 Å². The van der Waals surface area contributed by atoms with Crippen molar-refractivity contribution in [1.82, 2.24) is 10.2 Å². The Labute approximate surface area is 200 Å². The van der Waals surface area contributed by atoms with Gasteiger partial charge in [-0.25, -0.2) is 9.59 Å². The highest BCUT2D eigenvalue weighted by molar-refractivity contribution is 5.89. The smallest absolute Gasteiger partial charge is 0.407 e. The summed E-state index contributed by atoms with van der Waals surface area (Å²) in [6.07, 6.45) is 3.59. The summed E-state index contributed by atoms with van der Waals surface area (Å²) in [5.74, 6) is -1.42. The molecule has 2 N–H and O–H groups in total. The summed E-state index contributed by atoms with van der Waals surface area (Å²) in [5, 5.41) is 12.4. The van der Waals surface area contributed by atoms with Crippen LogP contribution in [0.15, 0.2) is 48.5 Å². The van der Waals surface area contributed by atoms with Crippen molar-refractivity contribution in [2.45, 2.75) is 63.5 Å². The zero-order valence-corrected chi connectivity index (χ0v) is 19.5. The number of likely N-dealkylation sites (tertiary alicyclic amines) is 1. The van der Waals surface area contributed by atoms with E-state index in [0.29, 0.717) is 19.4 Å². The van der Waals surface area contributed by atoms with Gasteiger partial charge in [0.05, 0.1) is 0 Å². The van der Waals surface area contributed by atoms with Crippen LogP contribution >= 0.6 is 0 Å². The summed E-state index contributed by atoms with van der Waals surface area (Å²) in [6, 6.07) is 14.5. The van der Waals surface area contributed by atoms with Gasteiger partial charge in [0.25, 0.3) is 0 Å². The van der Waals surface area contributed by atoms with Crippen molar-refractivity contribution < 1.29 is 24.2 Å². The number of fused-ring (bicyclic) bond motifs is 3. The van der Waals surface area contributed by atoms with Crippen molar-refractivity contribution in [3.63, 3.8) is 0 Å². The summed E-state index contributed by atoms with van der Waals surface area (Å²) < 4.78 is 5.59. The van der Waals surface area contributed by atoms with Crippen LogP contribution in [0.1, 0.15) is 62.5 Å². The standard InChI is InChI=1S/C27H32N2O5/c1-2-23(25(30)29-16-10-4-3-5-15-24(29)26(31)32)28-27(33)34-17-22-20-13-8-6-11-18(20)19-12-7-9-14-21(19)22/h6-9,11-14,22-24H,2-5,10,15-17H2,1H3,(H,28,33)(H,31,32)/t23-,24?/m0/s1. The molecule has 1 aliphatic carbocycles. The van der Waals surface area contributed by atoms with E-state index < -0.39 is 24.1 Å². The Balaban J connectivity index is 1.42. The fourth-order valence-corrected chi connectivity index (χ4v) is 5.13. The molecule has 1 heterocycles. The minimum Gasteiger partial charge on any atom is -0.480 e. The van der Waals surface area contributed by atoms with Crippen LogP contribution in [-0.4, -0.2) is 53.2 Å². The molecular weight excluding hydrogens is 432 g/mol. The number of amides is 2. The third-order valence-electron chi connectivity index (χ3n) is 6.91. The molecule has 2 aliphatic rings. The fraction of sp³-hybridized carbons (Fsp3) is 0.444. The van der Waals surface area contributed by atoms with Crippen LogP contribution in [0, 0.1) is 0 Å². The van der Waals surface area contributed by atoms with Crippen LogP contribution in [0.25, 0.3) is 11.1 Å². The van der Waals surface area contributed by atoms with Gasteiger partial charge in [0, 0.05) is 12.5 Å². The number of carbonyl (C=O) groups is 3. The first kappa shape index (κ1) is 23.8. The maximum absolute atomic E-state index is 13.2. The lowest BCUT2D eigenvalue weighted by Gasteiger charge is -2.33. The fourth-order valence-electron chi connectivity index (χ4n) is 5.13. The highest BCUT2D eigenvalue weighted by atomic mass is 16.5. The maximum Gasteiger partial charge on any atom is 0.407 e. The second-order valence-electron chi connectivity index (χ2n) is 9.02. The van der Waals surface area contributed by atoms with Gasteiger partial charge in [0.1, 0.15) is 18.7 Å². The Morgan fingerprint density at radius 3 is 2.24 bits per heavy atom. The van der Waals surface area contributed by atoms with Gasteiger partial charge in [-0.1, -0.05) is 74.7 Å². The number of hydrogen-bond donors (Lipinski definition) is 2. The lowest BCUT2D eigenvalue weighted by Crippen LogP contribution is -2.54. The number of rotatable bonds is 6. The van der Waals surface area contributed by atoms with Crippen LogP contribution in [-0.2, 0) is 14.3 Å². The molecule has 0 saturated carbocycles. The molecule has 2 aromatic rings. The van der Waals surface area contributed by atoms with Crippen molar-refractivity contribution in [1.29, 1.82) is 0 Å². The minimum absolute atomic E-state index is 0.0697. The van der Waals surface area contributed by atoms with Crippen molar-refractivity contribution in [2.75, 3.05) is 13.2 Å². The maximum atomic E-state index is 13.2. The number of ether oxygens (including phenoxy) is 1. The Kier molecular flexibility index (Phi) is 7.50. The first-order valence-electron chi connectivity index (χ1n) is 12.2. The predicted molar refractivity (Wildman–Crippen MR) is 129 cm³/mol. The molecule has 7 heteroatoms. The molecule has 0 bridgehead atoms. The molecule has 1 saturated heterocycles. The summed E-state index contributed by atoms with van der Waals surface area (Å²) in [6.45, 7) is 2.34. The molecule has 4 rings (SSSR count). The molecule has 2 amide bonds. The average Bonchev–Trinajstić information content (AvgIpc) is 3.14. The second-order valence-corrected chi connectivity index (χ2v) is 9.02. The van der Waals surface area contributed by atoms with Crippen molar-refractivity contribution in [3.8, 4) is 11.1 Å². The number of carbonyl (C=O) groups excluding carboxylic acids is 2. The molecule has 0 radical (unpaired) electrons. The van der Waals surface area contributed by atoms with Crippen LogP contribution in [0.5, 0.6) is 0 Å². The molecule has 1 fully saturated rings. The van der Waals surface area contributed by atoms with Gasteiger partial charge in [0.15, 0.2) is 0 Å². The summed E-state index contributed by atoms with van der Waals surface area (Å²) in [5.41, 5.74) is 4.52. The van der Waals surface area contributed by atoms with E-state index in [0.717, 1.165) is 47.9 Å². The van der Waals surface area contributed by atoms with Gasteiger partial charge in [-0.05, 0) is 41.5 Å². The van der Waals surface area contributed by atoms with Gasteiger partial charge in [0.2, 0.25) is 5.91 Å². The van der Waals surface area contributed by atoms with E-state index in [1.54, 1.807) is 6.92 Å². The lowest BCUT2D eigenvalue weighted by molar-refractivity contribution is -0.151. The monoisotopic (exact) mass is 464 g/mol. The molecule has 0 spiro atoms. The van der Waals surface area contributed by atoms with Crippen LogP contribution in [0.2, 0.25) is 0 Å². The molecule has 2 aromatic carbocycles. The Hall–Kier alpha value is -3.35. The number of carboxylic acid groups (broad SMARTS) is 1. The molecule has 1 unspecified atom stereocenters. The number of alkyl carbamates (subject to hydrolysis) is 1. The van der Waals surface area contributed by atoms with E-state index in [1.807, 2.05) is 36.4 Å². The average molecular weight is 465 g/mol. The van der Waals surface area contributed by atoms with Crippen LogP contribution < -0.4 is 5.32 Å². The Morgan fingerprint density at radius 1 is 1.00 bits per heavy atom. The number of carboxylic acids is 1. The molecule has 7 nitrogen and oxygen atoms in total. The van der Waals surface area contributed by atoms with E-state index in [1.165, 1.54) is 4.90 Å². The number of benzene rings is 2. The van der Waals surface area contributed by atoms with Crippen LogP contribution in [0.4, 0.5) is 4.79 Å². The van der Waals surface area contributed by atoms with Crippen LogP contribution in [0.3, 0.4) is 0 Å². The minimum atomic E-state index is -0.994. The van der Waals surface area contributed by atoms with E-state index in [4.69, 9.17) is 4.74 Å². The highest BCUT2D eigenvalue weighted by Crippen LogP contribution is 2.44. The van der Waals surface area contributed by atoms with Gasteiger partial charge in [-0.15, -0.1) is 0 Å². The number of nitrogens with zero attached hydrogens (tertiary/aromatic N) is 1.